The predicted octanol–water partition coefficient (Wildman–Crippen LogP) is 1.17. The molecule has 2 saturated heterocycles. The van der Waals surface area contributed by atoms with Gasteiger partial charge in [-0.3, -0.25) is 4.79 Å². The van der Waals surface area contributed by atoms with Gasteiger partial charge >= 0.3 is 0 Å². The molecule has 5 nitrogen and oxygen atoms in total. The minimum atomic E-state index is -0.116. The largest absolute Gasteiger partial charge is 0.373 e. The van der Waals surface area contributed by atoms with Gasteiger partial charge in [0.15, 0.2) is 0 Å². The van der Waals surface area contributed by atoms with Crippen LogP contribution in [0.2, 0.25) is 0 Å². The molecule has 1 aromatic rings. The number of carbonyl (C=O) groups excluding carboxylic acids is 1. The molecule has 96 valence electrons. The van der Waals surface area contributed by atoms with Crippen molar-refractivity contribution in [3.63, 3.8) is 0 Å². The molecule has 3 heterocycles. The molecule has 2 aliphatic rings. The van der Waals surface area contributed by atoms with Crippen molar-refractivity contribution in [2.75, 3.05) is 12.4 Å². The Bertz CT molecular complexity index is 463. The van der Waals surface area contributed by atoms with E-state index in [1.54, 1.807) is 25.4 Å². The van der Waals surface area contributed by atoms with Gasteiger partial charge in [-0.2, -0.15) is 0 Å². The molecule has 3 rings (SSSR count). The van der Waals surface area contributed by atoms with E-state index in [1.807, 2.05) is 0 Å². The number of rotatable bonds is 3. The minimum absolute atomic E-state index is 0.116. The SMILES string of the molecule is CNC(=O)c1cccnc1N[C@H]1C[C@H]2CC[C@H]1O2. The van der Waals surface area contributed by atoms with Crippen LogP contribution in [0.5, 0.6) is 0 Å². The highest BCUT2D eigenvalue weighted by atomic mass is 16.5. The average Bonchev–Trinajstić information content (AvgIpc) is 3.01. The Morgan fingerprint density at radius 2 is 2.39 bits per heavy atom. The summed E-state index contributed by atoms with van der Waals surface area (Å²) in [7, 11) is 1.62. The number of amides is 1. The Hall–Kier alpha value is -1.62. The molecule has 0 radical (unpaired) electrons. The van der Waals surface area contributed by atoms with E-state index in [0.717, 1.165) is 19.3 Å². The number of pyridine rings is 1. The van der Waals surface area contributed by atoms with Gasteiger partial charge in [0.05, 0.1) is 23.8 Å². The van der Waals surface area contributed by atoms with E-state index in [0.29, 0.717) is 17.5 Å². The number of nitrogens with one attached hydrogen (secondary N) is 2. The van der Waals surface area contributed by atoms with E-state index in [4.69, 9.17) is 4.74 Å². The van der Waals surface area contributed by atoms with Gasteiger partial charge in [0.1, 0.15) is 5.82 Å². The lowest BCUT2D eigenvalue weighted by Crippen LogP contribution is -2.32. The fourth-order valence-electron chi connectivity index (χ4n) is 2.80. The van der Waals surface area contributed by atoms with Crippen LogP contribution in [0.1, 0.15) is 29.6 Å². The maximum absolute atomic E-state index is 11.7. The first-order valence-electron chi connectivity index (χ1n) is 6.37. The number of aromatic nitrogens is 1. The number of hydrogen-bond donors (Lipinski definition) is 2. The number of anilines is 1. The normalized spacial score (nSPS) is 29.3. The second-order valence-electron chi connectivity index (χ2n) is 4.84. The highest BCUT2D eigenvalue weighted by Crippen LogP contribution is 2.36. The molecule has 2 aliphatic heterocycles. The highest BCUT2D eigenvalue weighted by Gasteiger charge is 2.41. The van der Waals surface area contributed by atoms with Gasteiger partial charge in [0, 0.05) is 13.2 Å². The van der Waals surface area contributed by atoms with Crippen molar-refractivity contribution in [1.29, 1.82) is 0 Å². The van der Waals surface area contributed by atoms with Crippen LogP contribution in [0.15, 0.2) is 18.3 Å². The topological polar surface area (TPSA) is 63.2 Å². The van der Waals surface area contributed by atoms with E-state index < -0.39 is 0 Å². The van der Waals surface area contributed by atoms with Gasteiger partial charge in [-0.25, -0.2) is 4.98 Å². The summed E-state index contributed by atoms with van der Waals surface area (Å²) in [5.41, 5.74) is 0.586. The third-order valence-corrected chi connectivity index (χ3v) is 3.71. The zero-order chi connectivity index (χ0) is 12.5. The summed E-state index contributed by atoms with van der Waals surface area (Å²) >= 11 is 0. The molecule has 5 heteroatoms. The third-order valence-electron chi connectivity index (χ3n) is 3.71. The molecule has 2 N–H and O–H groups in total. The average molecular weight is 247 g/mol. The molecule has 2 fully saturated rings. The Balaban J connectivity index is 1.78. The first-order valence-corrected chi connectivity index (χ1v) is 6.37. The quantitative estimate of drug-likeness (QED) is 0.841. The van der Waals surface area contributed by atoms with Crippen LogP contribution >= 0.6 is 0 Å². The van der Waals surface area contributed by atoms with Crippen LogP contribution < -0.4 is 10.6 Å². The number of carbonyl (C=O) groups is 1. The molecular weight excluding hydrogens is 230 g/mol. The van der Waals surface area contributed by atoms with Gasteiger partial charge in [-0.05, 0) is 31.4 Å². The van der Waals surface area contributed by atoms with Crippen molar-refractivity contribution in [1.82, 2.24) is 10.3 Å². The molecule has 1 amide bonds. The van der Waals surface area contributed by atoms with E-state index in [2.05, 4.69) is 15.6 Å². The number of hydrogen-bond acceptors (Lipinski definition) is 4. The number of ether oxygens (including phenoxy) is 1. The van der Waals surface area contributed by atoms with Crippen molar-refractivity contribution in [3.05, 3.63) is 23.9 Å². The van der Waals surface area contributed by atoms with Gasteiger partial charge in [-0.15, -0.1) is 0 Å². The molecule has 2 bridgehead atoms. The van der Waals surface area contributed by atoms with E-state index in [-0.39, 0.29) is 18.1 Å². The van der Waals surface area contributed by atoms with Crippen LogP contribution in [0.4, 0.5) is 5.82 Å². The van der Waals surface area contributed by atoms with Crippen LogP contribution in [-0.2, 0) is 4.74 Å². The molecule has 0 aliphatic carbocycles. The zero-order valence-electron chi connectivity index (χ0n) is 10.3. The van der Waals surface area contributed by atoms with Crippen LogP contribution in [-0.4, -0.2) is 36.2 Å². The lowest BCUT2D eigenvalue weighted by Gasteiger charge is -2.21. The summed E-state index contributed by atoms with van der Waals surface area (Å²) in [6.45, 7) is 0. The lowest BCUT2D eigenvalue weighted by atomic mass is 9.95. The minimum Gasteiger partial charge on any atom is -0.373 e. The van der Waals surface area contributed by atoms with Crippen molar-refractivity contribution >= 4 is 11.7 Å². The van der Waals surface area contributed by atoms with Crippen LogP contribution in [0.25, 0.3) is 0 Å². The zero-order valence-corrected chi connectivity index (χ0v) is 10.3. The number of fused-ring (bicyclic) bond motifs is 2. The summed E-state index contributed by atoms with van der Waals surface area (Å²) in [4.78, 5) is 16.0. The lowest BCUT2D eigenvalue weighted by molar-refractivity contribution is 0.0962. The summed E-state index contributed by atoms with van der Waals surface area (Å²) < 4.78 is 5.79. The standard InChI is InChI=1S/C13H17N3O2/c1-14-13(17)9-3-2-6-15-12(9)16-10-7-8-4-5-11(10)18-8/h2-3,6,8,10-11H,4-5,7H2,1H3,(H,14,17)(H,15,16)/t8-,10+,11-/m1/s1. The van der Waals surface area contributed by atoms with E-state index >= 15 is 0 Å². The van der Waals surface area contributed by atoms with E-state index in [9.17, 15) is 4.79 Å². The second kappa shape index (κ2) is 4.57. The molecule has 0 spiro atoms. The van der Waals surface area contributed by atoms with Gasteiger partial charge in [0.2, 0.25) is 0 Å². The molecular formula is C13H17N3O2. The Morgan fingerprint density at radius 1 is 1.50 bits per heavy atom. The van der Waals surface area contributed by atoms with Crippen molar-refractivity contribution in [3.8, 4) is 0 Å². The monoisotopic (exact) mass is 247 g/mol. The van der Waals surface area contributed by atoms with Crippen LogP contribution in [0, 0.1) is 0 Å². The van der Waals surface area contributed by atoms with Crippen LogP contribution in [0.3, 0.4) is 0 Å². The summed E-state index contributed by atoms with van der Waals surface area (Å²) in [5.74, 6) is 0.535. The maximum atomic E-state index is 11.7. The smallest absolute Gasteiger partial charge is 0.254 e. The second-order valence-corrected chi connectivity index (χ2v) is 4.84. The highest BCUT2D eigenvalue weighted by molar-refractivity contribution is 5.98. The predicted molar refractivity (Wildman–Crippen MR) is 67.5 cm³/mol. The fourth-order valence-corrected chi connectivity index (χ4v) is 2.80. The summed E-state index contributed by atoms with van der Waals surface area (Å²) in [5, 5.41) is 5.99. The molecule has 0 unspecified atom stereocenters. The van der Waals surface area contributed by atoms with Gasteiger partial charge < -0.3 is 15.4 Å². The third kappa shape index (κ3) is 1.95. The Labute approximate surface area is 106 Å². The summed E-state index contributed by atoms with van der Waals surface area (Å²) in [6, 6.07) is 3.83. The molecule has 18 heavy (non-hydrogen) atoms. The van der Waals surface area contributed by atoms with Crippen molar-refractivity contribution < 1.29 is 9.53 Å². The molecule has 0 aromatic carbocycles. The van der Waals surface area contributed by atoms with Crippen molar-refractivity contribution in [2.45, 2.75) is 37.5 Å². The molecule has 0 saturated carbocycles. The molecule has 1 aromatic heterocycles. The van der Waals surface area contributed by atoms with Crippen molar-refractivity contribution in [2.24, 2.45) is 0 Å². The summed E-state index contributed by atoms with van der Waals surface area (Å²) in [6.07, 6.45) is 5.63. The Kier molecular flexibility index (Phi) is 2.91. The van der Waals surface area contributed by atoms with Gasteiger partial charge in [-0.1, -0.05) is 0 Å². The van der Waals surface area contributed by atoms with E-state index in [1.165, 1.54) is 0 Å². The first kappa shape index (κ1) is 11.5. The number of nitrogens with zero attached hydrogens (tertiary/aromatic N) is 1. The fraction of sp³-hybridized carbons (Fsp3) is 0.538. The molecule has 3 atom stereocenters. The Morgan fingerprint density at radius 3 is 3.06 bits per heavy atom. The first-order chi connectivity index (χ1) is 8.78. The van der Waals surface area contributed by atoms with Gasteiger partial charge in [0.25, 0.3) is 5.91 Å². The maximum Gasteiger partial charge on any atom is 0.254 e.